The van der Waals surface area contributed by atoms with Crippen LogP contribution in [0.2, 0.25) is 0 Å². The second kappa shape index (κ2) is 4.05. The van der Waals surface area contributed by atoms with Crippen LogP contribution in [0.3, 0.4) is 0 Å². The minimum absolute atomic E-state index is 0.833. The summed E-state index contributed by atoms with van der Waals surface area (Å²) in [6, 6.07) is 2.94. The Morgan fingerprint density at radius 2 is 2.08 bits per heavy atom. The minimum atomic E-state index is -0.833. The zero-order chi connectivity index (χ0) is 9.68. The number of urea groups is 1. The molecule has 0 unspecified atom stereocenters. The second-order valence-corrected chi connectivity index (χ2v) is 2.16. The summed E-state index contributed by atoms with van der Waals surface area (Å²) >= 11 is 0. The van der Waals surface area contributed by atoms with Gasteiger partial charge in [0.05, 0.1) is 0 Å². The number of rotatable bonds is 0. The fourth-order valence-electron chi connectivity index (χ4n) is 0.765. The third-order valence-electron chi connectivity index (χ3n) is 1.17. The van der Waals surface area contributed by atoms with Crippen molar-refractivity contribution in [2.45, 2.75) is 0 Å². The number of amides is 2. The Hall–Kier alpha value is -2.11. The number of aromatic nitrogens is 3. The van der Waals surface area contributed by atoms with Crippen LogP contribution in [0.5, 0.6) is 0 Å². The molecule has 0 saturated heterocycles. The molecule has 6 heteroatoms. The van der Waals surface area contributed by atoms with Gasteiger partial charge in [0.25, 0.3) is 0 Å². The van der Waals surface area contributed by atoms with Gasteiger partial charge < -0.3 is 11.5 Å². The van der Waals surface area contributed by atoms with Gasteiger partial charge in [-0.3, -0.25) is 0 Å². The van der Waals surface area contributed by atoms with E-state index in [1.54, 1.807) is 16.9 Å². The Labute approximate surface area is 74.2 Å². The van der Waals surface area contributed by atoms with Gasteiger partial charge in [-0.2, -0.15) is 5.10 Å². The highest BCUT2D eigenvalue weighted by atomic mass is 16.2. The topological polar surface area (TPSA) is 99.3 Å². The van der Waals surface area contributed by atoms with Crippen molar-refractivity contribution in [3.8, 4) is 0 Å². The van der Waals surface area contributed by atoms with Gasteiger partial charge in [-0.25, -0.2) is 14.3 Å². The maximum Gasteiger partial charge on any atom is 0.309 e. The molecule has 4 N–H and O–H groups in total. The van der Waals surface area contributed by atoms with Crippen LogP contribution in [-0.2, 0) is 0 Å². The number of carbonyl (C=O) groups excluding carboxylic acids is 1. The van der Waals surface area contributed by atoms with Crippen LogP contribution in [0.4, 0.5) is 4.79 Å². The number of hydrogen-bond donors (Lipinski definition) is 2. The Balaban J connectivity index is 0.000000184. The van der Waals surface area contributed by atoms with Crippen molar-refractivity contribution in [1.82, 2.24) is 14.6 Å². The van der Waals surface area contributed by atoms with E-state index in [0.29, 0.717) is 0 Å². The fraction of sp³-hybridized carbons (Fsp3) is 0. The second-order valence-electron chi connectivity index (χ2n) is 2.16. The Bertz CT molecular complexity index is 362. The first-order valence-electron chi connectivity index (χ1n) is 3.49. The highest BCUT2D eigenvalue weighted by Gasteiger charge is 1.86. The van der Waals surface area contributed by atoms with E-state index in [4.69, 9.17) is 4.79 Å². The van der Waals surface area contributed by atoms with Gasteiger partial charge in [-0.1, -0.05) is 0 Å². The third kappa shape index (κ3) is 2.78. The normalized spacial score (nSPS) is 8.92. The number of imidazole rings is 1. The molecule has 2 heterocycles. The molecule has 0 saturated carbocycles. The third-order valence-corrected chi connectivity index (χ3v) is 1.17. The maximum atomic E-state index is 9.00. The lowest BCUT2D eigenvalue weighted by atomic mass is 10.6. The first-order valence-corrected chi connectivity index (χ1v) is 3.49. The molecule has 0 aliphatic carbocycles. The lowest BCUT2D eigenvalue weighted by molar-refractivity contribution is 0.256. The highest BCUT2D eigenvalue weighted by Crippen LogP contribution is 1.93. The first-order chi connectivity index (χ1) is 6.20. The standard InChI is InChI=1S/C6H5N3.CH4N2O/c1-2-6-7-4-5-9(6)8-3-1;2-1(3)4/h1-5H;(H4,2,3,4). The zero-order valence-electron chi connectivity index (χ0n) is 6.79. The van der Waals surface area contributed by atoms with E-state index in [1.807, 2.05) is 18.3 Å². The zero-order valence-corrected chi connectivity index (χ0v) is 6.79. The molecule has 2 aromatic rings. The minimum Gasteiger partial charge on any atom is -0.352 e. The molecule has 0 bridgehead atoms. The quantitative estimate of drug-likeness (QED) is 0.583. The van der Waals surface area contributed by atoms with Crippen LogP contribution in [0, 0.1) is 0 Å². The van der Waals surface area contributed by atoms with Gasteiger partial charge in [0, 0.05) is 18.6 Å². The van der Waals surface area contributed by atoms with Crippen molar-refractivity contribution < 1.29 is 4.79 Å². The van der Waals surface area contributed by atoms with Crippen LogP contribution in [0.25, 0.3) is 5.65 Å². The van der Waals surface area contributed by atoms with E-state index >= 15 is 0 Å². The lowest BCUT2D eigenvalue weighted by Crippen LogP contribution is -2.18. The molecule has 13 heavy (non-hydrogen) atoms. The molecule has 0 aromatic carbocycles. The van der Waals surface area contributed by atoms with Gasteiger partial charge in [0.1, 0.15) is 0 Å². The van der Waals surface area contributed by atoms with Crippen LogP contribution < -0.4 is 11.5 Å². The summed E-state index contributed by atoms with van der Waals surface area (Å²) in [4.78, 5) is 13.0. The molecule has 2 aromatic heterocycles. The van der Waals surface area contributed by atoms with Crippen molar-refractivity contribution in [3.05, 3.63) is 30.7 Å². The summed E-state index contributed by atoms with van der Waals surface area (Å²) in [5.74, 6) is 0. The van der Waals surface area contributed by atoms with Crippen LogP contribution in [0.15, 0.2) is 30.7 Å². The number of carbonyl (C=O) groups is 1. The van der Waals surface area contributed by atoms with Crippen LogP contribution in [-0.4, -0.2) is 20.6 Å². The lowest BCUT2D eigenvalue weighted by Gasteiger charge is -1.85. The molecule has 68 valence electrons. The van der Waals surface area contributed by atoms with Crippen molar-refractivity contribution in [1.29, 1.82) is 0 Å². The molecule has 2 rings (SSSR count). The summed E-state index contributed by atoms with van der Waals surface area (Å²) in [5.41, 5.74) is 9.39. The Morgan fingerprint density at radius 1 is 1.38 bits per heavy atom. The molecule has 0 aliphatic heterocycles. The molecule has 0 radical (unpaired) electrons. The summed E-state index contributed by atoms with van der Waals surface area (Å²) < 4.78 is 1.72. The number of hydrogen-bond acceptors (Lipinski definition) is 3. The smallest absolute Gasteiger partial charge is 0.309 e. The molecular formula is C7H9N5O. The van der Waals surface area contributed by atoms with E-state index in [0.717, 1.165) is 5.65 Å². The van der Waals surface area contributed by atoms with Crippen molar-refractivity contribution in [2.75, 3.05) is 0 Å². The molecule has 0 fully saturated rings. The molecule has 0 spiro atoms. The Morgan fingerprint density at radius 3 is 2.69 bits per heavy atom. The molecule has 0 aliphatic rings. The van der Waals surface area contributed by atoms with E-state index in [9.17, 15) is 0 Å². The van der Waals surface area contributed by atoms with E-state index < -0.39 is 6.03 Å². The highest BCUT2D eigenvalue weighted by molar-refractivity contribution is 5.69. The number of fused-ring (bicyclic) bond motifs is 1. The summed E-state index contributed by atoms with van der Waals surface area (Å²) in [6.07, 6.45) is 5.27. The monoisotopic (exact) mass is 179 g/mol. The summed E-state index contributed by atoms with van der Waals surface area (Å²) in [7, 11) is 0. The van der Waals surface area contributed by atoms with E-state index in [2.05, 4.69) is 21.5 Å². The average molecular weight is 179 g/mol. The largest absolute Gasteiger partial charge is 0.352 e. The van der Waals surface area contributed by atoms with E-state index in [-0.39, 0.29) is 0 Å². The molecule has 6 nitrogen and oxygen atoms in total. The SMILES string of the molecule is NC(N)=O.c1cnn2ccnc2c1. The average Bonchev–Trinajstić information content (AvgIpc) is 2.49. The fourth-order valence-corrected chi connectivity index (χ4v) is 0.765. The van der Waals surface area contributed by atoms with Gasteiger partial charge in [0.2, 0.25) is 0 Å². The predicted octanol–water partition coefficient (Wildman–Crippen LogP) is -0.247. The number of nitrogens with two attached hydrogens (primary N) is 2. The molecular weight excluding hydrogens is 170 g/mol. The van der Waals surface area contributed by atoms with Crippen LogP contribution in [0.1, 0.15) is 0 Å². The number of primary amides is 2. The van der Waals surface area contributed by atoms with Crippen molar-refractivity contribution in [2.24, 2.45) is 11.5 Å². The molecule has 2 amide bonds. The van der Waals surface area contributed by atoms with Gasteiger partial charge in [-0.05, 0) is 12.1 Å². The van der Waals surface area contributed by atoms with Gasteiger partial charge >= 0.3 is 6.03 Å². The summed E-state index contributed by atoms with van der Waals surface area (Å²) in [5, 5.41) is 4.00. The van der Waals surface area contributed by atoms with Crippen molar-refractivity contribution in [3.63, 3.8) is 0 Å². The van der Waals surface area contributed by atoms with E-state index in [1.165, 1.54) is 0 Å². The predicted molar refractivity (Wildman–Crippen MR) is 46.8 cm³/mol. The van der Waals surface area contributed by atoms with Gasteiger partial charge in [-0.15, -0.1) is 0 Å². The molecule has 0 atom stereocenters. The maximum absolute atomic E-state index is 9.00. The Kier molecular flexibility index (Phi) is 2.80. The first kappa shape index (κ1) is 8.98. The van der Waals surface area contributed by atoms with Crippen molar-refractivity contribution >= 4 is 11.7 Å². The van der Waals surface area contributed by atoms with Crippen LogP contribution >= 0.6 is 0 Å². The van der Waals surface area contributed by atoms with Gasteiger partial charge in [0.15, 0.2) is 5.65 Å². The number of nitrogens with zero attached hydrogens (tertiary/aromatic N) is 3. The summed E-state index contributed by atoms with van der Waals surface area (Å²) in [6.45, 7) is 0.